The number of hydrogen-bond donors (Lipinski definition) is 0. The summed E-state index contributed by atoms with van der Waals surface area (Å²) < 4.78 is 5.33. The van der Waals surface area contributed by atoms with Gasteiger partial charge in [-0.3, -0.25) is 0 Å². The van der Waals surface area contributed by atoms with Crippen molar-refractivity contribution in [2.24, 2.45) is 4.99 Å². The third-order valence-electron chi connectivity index (χ3n) is 2.18. The lowest BCUT2D eigenvalue weighted by atomic mass is 10.1. The monoisotopic (exact) mass is 187 g/mol. The highest BCUT2D eigenvalue weighted by Crippen LogP contribution is 2.24. The number of isocyanates is 1. The Morgan fingerprint density at radius 1 is 1.50 bits per heavy atom. The summed E-state index contributed by atoms with van der Waals surface area (Å²) in [5, 5.41) is 1.05. The Kier molecular flexibility index (Phi) is 2.17. The van der Waals surface area contributed by atoms with Crippen LogP contribution < -0.4 is 0 Å². The van der Waals surface area contributed by atoms with Gasteiger partial charge in [0.15, 0.2) is 0 Å². The Labute approximate surface area is 81.1 Å². The average Bonchev–Trinajstić information content (AvgIpc) is 2.58. The van der Waals surface area contributed by atoms with Gasteiger partial charge in [0.25, 0.3) is 0 Å². The number of benzene rings is 1. The van der Waals surface area contributed by atoms with E-state index in [1.54, 1.807) is 6.26 Å². The van der Waals surface area contributed by atoms with Crippen molar-refractivity contribution in [2.75, 3.05) is 0 Å². The van der Waals surface area contributed by atoms with Crippen molar-refractivity contribution >= 4 is 17.0 Å². The molecule has 2 rings (SSSR count). The molecule has 0 aliphatic heterocycles. The number of hydrogen-bond acceptors (Lipinski definition) is 3. The minimum atomic E-state index is 0.362. The van der Waals surface area contributed by atoms with E-state index in [1.165, 1.54) is 6.08 Å². The van der Waals surface area contributed by atoms with Crippen LogP contribution in [0.2, 0.25) is 0 Å². The highest BCUT2D eigenvalue weighted by molar-refractivity contribution is 5.84. The van der Waals surface area contributed by atoms with Crippen molar-refractivity contribution < 1.29 is 9.21 Å². The van der Waals surface area contributed by atoms with Crippen LogP contribution in [0.15, 0.2) is 33.9 Å². The zero-order chi connectivity index (χ0) is 9.97. The van der Waals surface area contributed by atoms with Gasteiger partial charge in [-0.1, -0.05) is 12.1 Å². The number of aryl methyl sites for hydroxylation is 1. The summed E-state index contributed by atoms with van der Waals surface area (Å²) in [4.78, 5) is 13.6. The largest absolute Gasteiger partial charge is 0.464 e. The predicted molar refractivity (Wildman–Crippen MR) is 52.8 cm³/mol. The van der Waals surface area contributed by atoms with Crippen molar-refractivity contribution in [3.8, 4) is 0 Å². The molecule has 1 heterocycles. The molecule has 2 aromatic rings. The molecule has 0 bridgehead atoms. The molecule has 0 aliphatic rings. The second-order valence-electron chi connectivity index (χ2n) is 3.12. The molecule has 14 heavy (non-hydrogen) atoms. The van der Waals surface area contributed by atoms with Crippen LogP contribution in [0, 0.1) is 6.92 Å². The van der Waals surface area contributed by atoms with Gasteiger partial charge in [0.2, 0.25) is 6.08 Å². The Balaban J connectivity index is 2.62. The van der Waals surface area contributed by atoms with Gasteiger partial charge in [0, 0.05) is 5.39 Å². The SMILES string of the molecule is Cc1coc2cccc(CN=C=O)c12. The van der Waals surface area contributed by atoms with E-state index in [4.69, 9.17) is 4.42 Å². The molecule has 0 saturated carbocycles. The fourth-order valence-corrected chi connectivity index (χ4v) is 1.58. The molecule has 0 spiro atoms. The third kappa shape index (κ3) is 1.34. The maximum Gasteiger partial charge on any atom is 0.235 e. The van der Waals surface area contributed by atoms with Gasteiger partial charge in [-0.05, 0) is 24.1 Å². The van der Waals surface area contributed by atoms with Crippen molar-refractivity contribution in [1.82, 2.24) is 0 Å². The van der Waals surface area contributed by atoms with Crippen LogP contribution >= 0.6 is 0 Å². The van der Waals surface area contributed by atoms with E-state index in [0.717, 1.165) is 22.1 Å². The van der Waals surface area contributed by atoms with Crippen LogP contribution in [0.25, 0.3) is 11.0 Å². The molecule has 70 valence electrons. The molecule has 0 atom stereocenters. The summed E-state index contributed by atoms with van der Waals surface area (Å²) >= 11 is 0. The Morgan fingerprint density at radius 3 is 3.14 bits per heavy atom. The summed E-state index contributed by atoms with van der Waals surface area (Å²) in [6, 6.07) is 5.73. The van der Waals surface area contributed by atoms with Crippen molar-refractivity contribution in [3.05, 3.63) is 35.6 Å². The second kappa shape index (κ2) is 3.48. The van der Waals surface area contributed by atoms with Gasteiger partial charge in [-0.15, -0.1) is 0 Å². The summed E-state index contributed by atoms with van der Waals surface area (Å²) in [5.74, 6) is 0. The van der Waals surface area contributed by atoms with Gasteiger partial charge in [-0.2, -0.15) is 0 Å². The Bertz CT molecular complexity index is 507. The normalized spacial score (nSPS) is 10.1. The van der Waals surface area contributed by atoms with Gasteiger partial charge >= 0.3 is 0 Å². The Morgan fingerprint density at radius 2 is 2.36 bits per heavy atom. The smallest absolute Gasteiger partial charge is 0.235 e. The van der Waals surface area contributed by atoms with E-state index in [9.17, 15) is 4.79 Å². The molecular formula is C11H9NO2. The lowest BCUT2D eigenvalue weighted by Crippen LogP contribution is -1.83. The average molecular weight is 187 g/mol. The van der Waals surface area contributed by atoms with Crippen LogP contribution in [0.1, 0.15) is 11.1 Å². The molecule has 0 saturated heterocycles. The molecular weight excluding hydrogens is 178 g/mol. The number of rotatable bonds is 2. The fourth-order valence-electron chi connectivity index (χ4n) is 1.58. The Hall–Kier alpha value is -1.86. The molecule has 0 fully saturated rings. The lowest BCUT2D eigenvalue weighted by Gasteiger charge is -1.97. The van der Waals surface area contributed by atoms with E-state index in [-0.39, 0.29) is 0 Å². The number of furan rings is 1. The molecule has 0 amide bonds. The quantitative estimate of drug-likeness (QED) is 0.535. The van der Waals surface area contributed by atoms with Crippen molar-refractivity contribution in [3.63, 3.8) is 0 Å². The molecule has 0 radical (unpaired) electrons. The molecule has 3 nitrogen and oxygen atoms in total. The fraction of sp³-hybridized carbons (Fsp3) is 0.182. The minimum Gasteiger partial charge on any atom is -0.464 e. The molecule has 3 heteroatoms. The number of carbonyl (C=O) groups excluding carboxylic acids is 1. The second-order valence-corrected chi connectivity index (χ2v) is 3.12. The van der Waals surface area contributed by atoms with Crippen LogP contribution in [-0.4, -0.2) is 6.08 Å². The highest BCUT2D eigenvalue weighted by atomic mass is 16.3. The van der Waals surface area contributed by atoms with Crippen LogP contribution in [0.5, 0.6) is 0 Å². The predicted octanol–water partition coefficient (Wildman–Crippen LogP) is 2.58. The first-order chi connectivity index (χ1) is 6.83. The third-order valence-corrected chi connectivity index (χ3v) is 2.18. The van der Waals surface area contributed by atoms with Crippen LogP contribution in [0.3, 0.4) is 0 Å². The molecule has 1 aromatic carbocycles. The maximum absolute atomic E-state index is 10.0. The maximum atomic E-state index is 10.0. The van der Waals surface area contributed by atoms with Crippen LogP contribution in [0.4, 0.5) is 0 Å². The lowest BCUT2D eigenvalue weighted by molar-refractivity contribution is 0.563. The van der Waals surface area contributed by atoms with Crippen molar-refractivity contribution in [2.45, 2.75) is 13.5 Å². The molecule has 0 aliphatic carbocycles. The van der Waals surface area contributed by atoms with E-state index < -0.39 is 0 Å². The number of aliphatic imine (C=N–C) groups is 1. The van der Waals surface area contributed by atoms with Gasteiger partial charge < -0.3 is 4.42 Å². The van der Waals surface area contributed by atoms with Gasteiger partial charge in [0.1, 0.15) is 5.58 Å². The van der Waals surface area contributed by atoms with Crippen LogP contribution in [-0.2, 0) is 11.3 Å². The van der Waals surface area contributed by atoms with Gasteiger partial charge in [-0.25, -0.2) is 9.79 Å². The summed E-state index contributed by atoms with van der Waals surface area (Å²) in [5.41, 5.74) is 2.90. The molecule has 0 unspecified atom stereocenters. The van der Waals surface area contributed by atoms with Gasteiger partial charge in [0.05, 0.1) is 12.8 Å². The topological polar surface area (TPSA) is 42.6 Å². The number of nitrogens with zero attached hydrogens (tertiary/aromatic N) is 1. The van der Waals surface area contributed by atoms with E-state index >= 15 is 0 Å². The first kappa shape index (κ1) is 8.73. The summed E-state index contributed by atoms with van der Waals surface area (Å²) in [6.07, 6.45) is 3.24. The van der Waals surface area contributed by atoms with Crippen molar-refractivity contribution in [1.29, 1.82) is 0 Å². The van der Waals surface area contributed by atoms with E-state index in [0.29, 0.717) is 6.54 Å². The first-order valence-electron chi connectivity index (χ1n) is 4.32. The summed E-state index contributed by atoms with van der Waals surface area (Å²) in [6.45, 7) is 2.33. The summed E-state index contributed by atoms with van der Waals surface area (Å²) in [7, 11) is 0. The highest BCUT2D eigenvalue weighted by Gasteiger charge is 2.05. The standard InChI is InChI=1S/C11H9NO2/c1-8-6-14-10-4-2-3-9(11(8)10)5-12-7-13/h2-4,6H,5H2,1H3. The van der Waals surface area contributed by atoms with E-state index in [2.05, 4.69) is 4.99 Å². The zero-order valence-electron chi connectivity index (χ0n) is 7.78. The number of fused-ring (bicyclic) bond motifs is 1. The minimum absolute atomic E-state index is 0.362. The molecule has 0 N–H and O–H groups in total. The van der Waals surface area contributed by atoms with E-state index in [1.807, 2.05) is 25.1 Å². The first-order valence-corrected chi connectivity index (χ1v) is 4.32. The molecule has 1 aromatic heterocycles. The zero-order valence-corrected chi connectivity index (χ0v) is 7.78.